The van der Waals surface area contributed by atoms with Crippen molar-refractivity contribution >= 4 is 22.6 Å². The Labute approximate surface area is 119 Å². The molecule has 7 nitrogen and oxygen atoms in total. The van der Waals surface area contributed by atoms with Crippen LogP contribution in [0.15, 0.2) is 35.3 Å². The molecule has 3 heterocycles. The van der Waals surface area contributed by atoms with Crippen LogP contribution < -0.4 is 10.3 Å². The van der Waals surface area contributed by atoms with Gasteiger partial charge in [-0.1, -0.05) is 0 Å². The van der Waals surface area contributed by atoms with Crippen molar-refractivity contribution in [3.63, 3.8) is 0 Å². The van der Waals surface area contributed by atoms with Crippen molar-refractivity contribution in [1.82, 2.24) is 14.4 Å². The lowest BCUT2D eigenvalue weighted by Gasteiger charge is -2.07. The lowest BCUT2D eigenvalue weighted by atomic mass is 10.4. The number of aromatic nitrogens is 3. The first-order chi connectivity index (χ1) is 10.2. The normalized spacial score (nSPS) is 10.9. The molecule has 0 aliphatic rings. The van der Waals surface area contributed by atoms with Crippen molar-refractivity contribution in [2.75, 3.05) is 13.2 Å². The highest BCUT2D eigenvalue weighted by Crippen LogP contribution is 2.15. The molecule has 3 aromatic rings. The van der Waals surface area contributed by atoms with Crippen LogP contribution >= 0.6 is 0 Å². The Kier molecular flexibility index (Phi) is 3.31. The maximum absolute atomic E-state index is 11.8. The Morgan fingerprint density at radius 3 is 3.05 bits per heavy atom. The fourth-order valence-corrected chi connectivity index (χ4v) is 2.07. The van der Waals surface area contributed by atoms with Crippen LogP contribution in [0.2, 0.25) is 0 Å². The van der Waals surface area contributed by atoms with Crippen LogP contribution in [0.1, 0.15) is 6.92 Å². The minimum atomic E-state index is -0.452. The second-order valence-corrected chi connectivity index (χ2v) is 4.33. The Bertz CT molecular complexity index is 865. The molecule has 0 radical (unpaired) electrons. The number of nitrogens with zero attached hydrogens (tertiary/aromatic N) is 2. The summed E-state index contributed by atoms with van der Waals surface area (Å²) in [7, 11) is 0. The summed E-state index contributed by atoms with van der Waals surface area (Å²) >= 11 is 0. The van der Waals surface area contributed by atoms with E-state index in [1.165, 1.54) is 0 Å². The number of esters is 1. The molecule has 0 saturated carbocycles. The van der Waals surface area contributed by atoms with E-state index in [-0.39, 0.29) is 18.0 Å². The number of hydrogen-bond donors (Lipinski definition) is 1. The first-order valence-electron chi connectivity index (χ1n) is 6.47. The molecule has 108 valence electrons. The summed E-state index contributed by atoms with van der Waals surface area (Å²) in [4.78, 5) is 30.2. The Morgan fingerprint density at radius 1 is 1.38 bits per heavy atom. The predicted octanol–water partition coefficient (Wildman–Crippen LogP) is 1.12. The van der Waals surface area contributed by atoms with E-state index in [0.29, 0.717) is 23.3 Å². The maximum Gasteiger partial charge on any atom is 0.344 e. The number of fused-ring (bicyclic) bond motifs is 3. The molecule has 0 unspecified atom stereocenters. The topological polar surface area (TPSA) is 85.7 Å². The lowest BCUT2D eigenvalue weighted by Crippen LogP contribution is -2.15. The smallest absolute Gasteiger partial charge is 0.344 e. The van der Waals surface area contributed by atoms with Gasteiger partial charge in [-0.15, -0.1) is 0 Å². The number of hydrogen-bond acceptors (Lipinski definition) is 5. The van der Waals surface area contributed by atoms with Gasteiger partial charge in [-0.2, -0.15) is 4.98 Å². The van der Waals surface area contributed by atoms with Gasteiger partial charge in [0.25, 0.3) is 5.56 Å². The number of H-pyrrole nitrogens is 1. The number of rotatable bonds is 4. The molecule has 1 N–H and O–H groups in total. The van der Waals surface area contributed by atoms with Gasteiger partial charge in [0.05, 0.1) is 12.1 Å². The van der Waals surface area contributed by atoms with Crippen molar-refractivity contribution in [3.05, 3.63) is 40.8 Å². The zero-order valence-corrected chi connectivity index (χ0v) is 11.3. The fraction of sp³-hybridized carbons (Fsp3) is 0.214. The molecule has 0 spiro atoms. The number of pyridine rings is 1. The molecule has 0 fully saturated rings. The molecule has 0 aromatic carbocycles. The highest BCUT2D eigenvalue weighted by atomic mass is 16.6. The van der Waals surface area contributed by atoms with Gasteiger partial charge in [-0.05, 0) is 25.1 Å². The Hall–Kier alpha value is -2.83. The molecule has 0 amide bonds. The van der Waals surface area contributed by atoms with E-state index in [9.17, 15) is 9.59 Å². The molecule has 7 heteroatoms. The van der Waals surface area contributed by atoms with Crippen molar-refractivity contribution in [2.45, 2.75) is 6.92 Å². The molecule has 21 heavy (non-hydrogen) atoms. The van der Waals surface area contributed by atoms with Crippen LogP contribution in [-0.4, -0.2) is 33.6 Å². The van der Waals surface area contributed by atoms with Crippen molar-refractivity contribution in [3.8, 4) is 5.88 Å². The van der Waals surface area contributed by atoms with Gasteiger partial charge in [0.1, 0.15) is 5.52 Å². The first-order valence-corrected chi connectivity index (χ1v) is 6.47. The third-order valence-electron chi connectivity index (χ3n) is 2.95. The quantitative estimate of drug-likeness (QED) is 0.727. The van der Waals surface area contributed by atoms with Crippen LogP contribution in [0.3, 0.4) is 0 Å². The minimum absolute atomic E-state index is 0.186. The van der Waals surface area contributed by atoms with Gasteiger partial charge >= 0.3 is 5.97 Å². The second kappa shape index (κ2) is 5.28. The molecule has 0 bridgehead atoms. The average Bonchev–Trinajstić information content (AvgIpc) is 2.96. The zero-order chi connectivity index (χ0) is 14.8. The van der Waals surface area contributed by atoms with Crippen LogP contribution in [-0.2, 0) is 9.53 Å². The summed E-state index contributed by atoms with van der Waals surface area (Å²) in [5.74, 6) is -0.162. The second-order valence-electron chi connectivity index (χ2n) is 4.33. The summed E-state index contributed by atoms with van der Waals surface area (Å²) in [5.41, 5.74) is 1.45. The van der Waals surface area contributed by atoms with Gasteiger partial charge in [0.15, 0.2) is 12.3 Å². The molecular formula is C14H13N3O4. The summed E-state index contributed by atoms with van der Waals surface area (Å²) in [6.07, 6.45) is 1.75. The standard InChI is InChI=1S/C14H13N3O4/c1-2-20-12(18)8-21-11-6-5-9-13(16-11)17-7-3-4-10(17)14(19)15-9/h3-7H,2,8H2,1H3,(H,15,19). The van der Waals surface area contributed by atoms with E-state index < -0.39 is 5.97 Å². The van der Waals surface area contributed by atoms with E-state index in [2.05, 4.69) is 9.97 Å². The predicted molar refractivity (Wildman–Crippen MR) is 75.4 cm³/mol. The molecule has 0 aliphatic heterocycles. The molecule has 3 rings (SSSR count). The van der Waals surface area contributed by atoms with E-state index in [4.69, 9.17) is 9.47 Å². The lowest BCUT2D eigenvalue weighted by molar-refractivity contribution is -0.145. The number of carbonyl (C=O) groups excluding carboxylic acids is 1. The SMILES string of the molecule is CCOC(=O)COc1ccc2[nH]c(=O)c3cccn3c2n1. The van der Waals surface area contributed by atoms with Gasteiger partial charge in [-0.3, -0.25) is 9.20 Å². The Balaban J connectivity index is 1.97. The van der Waals surface area contributed by atoms with Crippen LogP contribution in [0, 0.1) is 0 Å². The molecular weight excluding hydrogens is 274 g/mol. The van der Waals surface area contributed by atoms with Crippen LogP contribution in [0.5, 0.6) is 5.88 Å². The summed E-state index contributed by atoms with van der Waals surface area (Å²) in [6.45, 7) is 1.83. The van der Waals surface area contributed by atoms with Gasteiger partial charge < -0.3 is 14.5 Å². The van der Waals surface area contributed by atoms with E-state index in [1.807, 2.05) is 0 Å². The third kappa shape index (κ3) is 2.45. The summed E-state index contributed by atoms with van der Waals surface area (Å²) in [5, 5.41) is 0. The number of ether oxygens (including phenoxy) is 2. The highest BCUT2D eigenvalue weighted by Gasteiger charge is 2.08. The summed E-state index contributed by atoms with van der Waals surface area (Å²) < 4.78 is 11.7. The van der Waals surface area contributed by atoms with E-state index >= 15 is 0 Å². The zero-order valence-electron chi connectivity index (χ0n) is 11.3. The maximum atomic E-state index is 11.8. The minimum Gasteiger partial charge on any atom is -0.466 e. The largest absolute Gasteiger partial charge is 0.466 e. The number of carbonyl (C=O) groups is 1. The molecule has 0 saturated heterocycles. The highest BCUT2D eigenvalue weighted by molar-refractivity contribution is 5.75. The number of nitrogens with one attached hydrogen (secondary N) is 1. The van der Waals surface area contributed by atoms with Crippen molar-refractivity contribution in [1.29, 1.82) is 0 Å². The van der Waals surface area contributed by atoms with Gasteiger partial charge in [0.2, 0.25) is 5.88 Å². The van der Waals surface area contributed by atoms with Gasteiger partial charge in [-0.25, -0.2) is 4.79 Å². The van der Waals surface area contributed by atoms with E-state index in [1.54, 1.807) is 41.8 Å². The van der Waals surface area contributed by atoms with Crippen LogP contribution in [0.4, 0.5) is 0 Å². The fourth-order valence-electron chi connectivity index (χ4n) is 2.07. The van der Waals surface area contributed by atoms with Gasteiger partial charge in [0, 0.05) is 12.3 Å². The molecule has 3 aromatic heterocycles. The number of aromatic amines is 1. The molecule has 0 aliphatic carbocycles. The molecule has 0 atom stereocenters. The first kappa shape index (κ1) is 13.2. The van der Waals surface area contributed by atoms with Crippen molar-refractivity contribution < 1.29 is 14.3 Å². The Morgan fingerprint density at radius 2 is 2.24 bits per heavy atom. The van der Waals surface area contributed by atoms with Crippen LogP contribution in [0.25, 0.3) is 16.7 Å². The average molecular weight is 287 g/mol. The van der Waals surface area contributed by atoms with Crippen molar-refractivity contribution in [2.24, 2.45) is 0 Å². The third-order valence-corrected chi connectivity index (χ3v) is 2.95. The van der Waals surface area contributed by atoms with E-state index in [0.717, 1.165) is 0 Å². The monoisotopic (exact) mass is 287 g/mol. The summed E-state index contributed by atoms with van der Waals surface area (Å²) in [6, 6.07) is 6.74.